The van der Waals surface area contributed by atoms with Gasteiger partial charge in [-0.2, -0.15) is 0 Å². The van der Waals surface area contributed by atoms with Gasteiger partial charge in [0, 0.05) is 63.4 Å². The van der Waals surface area contributed by atoms with E-state index >= 15 is 0 Å². The van der Waals surface area contributed by atoms with Gasteiger partial charge >= 0.3 is 0 Å². The quantitative estimate of drug-likeness (QED) is 0.537. The summed E-state index contributed by atoms with van der Waals surface area (Å²) >= 11 is 0. The maximum absolute atomic E-state index is 11.0. The lowest BCUT2D eigenvalue weighted by Crippen LogP contribution is -2.46. The highest BCUT2D eigenvalue weighted by atomic mass is 16.5. The maximum Gasteiger partial charge on any atom is 0.162 e. The monoisotopic (exact) mass is 446 g/mol. The summed E-state index contributed by atoms with van der Waals surface area (Å²) in [4.78, 5) is 9.10. The van der Waals surface area contributed by atoms with E-state index in [4.69, 9.17) is 15.9 Å². The van der Waals surface area contributed by atoms with Gasteiger partial charge in [-0.1, -0.05) is 30.2 Å². The first-order valence-electron chi connectivity index (χ1n) is 11.1. The van der Waals surface area contributed by atoms with E-state index in [1.54, 1.807) is 13.3 Å². The van der Waals surface area contributed by atoms with Gasteiger partial charge in [-0.3, -0.25) is 4.90 Å². The van der Waals surface area contributed by atoms with E-state index < -0.39 is 6.10 Å². The number of hydrogen-bond acceptors (Lipinski definition) is 6. The summed E-state index contributed by atoms with van der Waals surface area (Å²) in [6, 6.07) is 14.0. The summed E-state index contributed by atoms with van der Waals surface area (Å²) < 4.78 is 12.9. The molecule has 0 saturated carbocycles. The number of rotatable bonds is 8. The molecule has 0 amide bonds. The van der Waals surface area contributed by atoms with Crippen LogP contribution in [0.5, 0.6) is 11.5 Å². The van der Waals surface area contributed by atoms with Gasteiger partial charge in [-0.25, -0.2) is 4.98 Å². The number of nitrogens with zero attached hydrogens (tertiary/aromatic N) is 4. The number of aliphatic hydroxyl groups is 1. The molecule has 1 fully saturated rings. The summed E-state index contributed by atoms with van der Waals surface area (Å²) in [5.41, 5.74) is 3.11. The van der Waals surface area contributed by atoms with Gasteiger partial charge in [0.1, 0.15) is 18.5 Å². The van der Waals surface area contributed by atoms with Crippen LogP contribution in [0.4, 0.5) is 5.69 Å². The minimum absolute atomic E-state index is 0.216. The Morgan fingerprint density at radius 3 is 2.61 bits per heavy atom. The molecule has 1 aliphatic heterocycles. The Labute approximate surface area is 195 Å². The number of piperazine rings is 1. The fourth-order valence-corrected chi connectivity index (χ4v) is 4.24. The van der Waals surface area contributed by atoms with Crippen molar-refractivity contribution in [3.8, 4) is 23.8 Å². The highest BCUT2D eigenvalue weighted by molar-refractivity contribution is 5.56. The number of aliphatic hydroxyl groups excluding tert-OH is 1. The van der Waals surface area contributed by atoms with Gasteiger partial charge in [0.25, 0.3) is 0 Å². The van der Waals surface area contributed by atoms with Crippen LogP contribution in [-0.2, 0) is 13.6 Å². The fraction of sp³-hybridized carbons (Fsp3) is 0.346. The molecule has 3 aromatic rings. The van der Waals surface area contributed by atoms with Crippen LogP contribution in [0.15, 0.2) is 54.9 Å². The average molecular weight is 447 g/mol. The summed E-state index contributed by atoms with van der Waals surface area (Å²) in [5, 5.41) is 11.0. The molecule has 0 aliphatic carbocycles. The summed E-state index contributed by atoms with van der Waals surface area (Å²) in [6.45, 7) is 4.65. The molecule has 1 aliphatic rings. The average Bonchev–Trinajstić information content (AvgIpc) is 3.29. The summed E-state index contributed by atoms with van der Waals surface area (Å²) in [6.07, 6.45) is 8.09. The molecular weight excluding hydrogens is 416 g/mol. The molecule has 7 heteroatoms. The lowest BCUT2D eigenvalue weighted by molar-refractivity contribution is 0.205. The van der Waals surface area contributed by atoms with Crippen LogP contribution in [0.1, 0.15) is 23.1 Å². The van der Waals surface area contributed by atoms with Crippen LogP contribution in [0, 0.1) is 12.3 Å². The van der Waals surface area contributed by atoms with Crippen LogP contribution in [0.3, 0.4) is 0 Å². The number of hydrogen-bond donors (Lipinski definition) is 1. The zero-order valence-electron chi connectivity index (χ0n) is 19.1. The standard InChI is InChI=1S/C26H30N4O3/c1-4-17-33-23-10-9-20(18-24(23)32-3)19-29-13-15-30(16-14-29)22-8-6-5-7-21(22)25(31)26-27-11-12-28(26)2/h1,5-12,18,25,31H,13-17,19H2,2-3H3/t25-/m0/s1. The minimum Gasteiger partial charge on any atom is -0.493 e. The number of benzene rings is 2. The summed E-state index contributed by atoms with van der Waals surface area (Å²) in [7, 11) is 3.53. The molecular formula is C26H30N4O3. The lowest BCUT2D eigenvalue weighted by Gasteiger charge is -2.37. The molecule has 7 nitrogen and oxygen atoms in total. The molecule has 0 bridgehead atoms. The Balaban J connectivity index is 1.41. The van der Waals surface area contributed by atoms with Crippen molar-refractivity contribution in [1.82, 2.24) is 14.5 Å². The molecule has 0 unspecified atom stereocenters. The number of terminal acetylenes is 1. The molecule has 2 aromatic carbocycles. The smallest absolute Gasteiger partial charge is 0.162 e. The molecule has 1 atom stereocenters. The third-order valence-corrected chi connectivity index (χ3v) is 5.99. The highest BCUT2D eigenvalue weighted by Gasteiger charge is 2.24. The van der Waals surface area contributed by atoms with E-state index in [2.05, 4.69) is 32.8 Å². The maximum atomic E-state index is 11.0. The second kappa shape index (κ2) is 10.4. The van der Waals surface area contributed by atoms with E-state index in [0.29, 0.717) is 17.3 Å². The topological polar surface area (TPSA) is 63.0 Å². The first kappa shape index (κ1) is 22.7. The number of aryl methyl sites for hydroxylation is 1. The van der Waals surface area contributed by atoms with Crippen LogP contribution in [0.2, 0.25) is 0 Å². The van der Waals surface area contributed by atoms with Crippen molar-refractivity contribution < 1.29 is 14.6 Å². The second-order valence-corrected chi connectivity index (χ2v) is 8.10. The molecule has 2 heterocycles. The van der Waals surface area contributed by atoms with E-state index in [-0.39, 0.29) is 6.61 Å². The molecule has 1 saturated heterocycles. The molecule has 0 radical (unpaired) electrons. The van der Waals surface area contributed by atoms with Gasteiger partial charge in [-0.05, 0) is 23.8 Å². The Kier molecular flexibility index (Phi) is 7.18. The fourth-order valence-electron chi connectivity index (χ4n) is 4.24. The van der Waals surface area contributed by atoms with Gasteiger partial charge in [0.05, 0.1) is 7.11 Å². The summed E-state index contributed by atoms with van der Waals surface area (Å²) in [5.74, 6) is 4.47. The largest absolute Gasteiger partial charge is 0.493 e. The van der Waals surface area contributed by atoms with Crippen molar-refractivity contribution in [3.63, 3.8) is 0 Å². The number of methoxy groups -OCH3 is 1. The SMILES string of the molecule is C#CCOc1ccc(CN2CCN(c3ccccc3[C@H](O)c3nccn3C)CC2)cc1OC. The molecule has 1 aromatic heterocycles. The third kappa shape index (κ3) is 5.14. The van der Waals surface area contributed by atoms with Gasteiger partial charge in [0.15, 0.2) is 11.5 Å². The van der Waals surface area contributed by atoms with Gasteiger partial charge in [-0.15, -0.1) is 6.42 Å². The third-order valence-electron chi connectivity index (χ3n) is 5.99. The first-order valence-corrected chi connectivity index (χ1v) is 11.1. The molecule has 33 heavy (non-hydrogen) atoms. The zero-order chi connectivity index (χ0) is 23.2. The van der Waals surface area contributed by atoms with Crippen LogP contribution in [-0.4, -0.2) is 59.5 Å². The number of para-hydroxylation sites is 1. The molecule has 0 spiro atoms. The Bertz CT molecular complexity index is 1110. The van der Waals surface area contributed by atoms with Crippen molar-refractivity contribution in [1.29, 1.82) is 0 Å². The normalized spacial score (nSPS) is 15.2. The van der Waals surface area contributed by atoms with Crippen molar-refractivity contribution in [2.75, 3.05) is 44.8 Å². The number of anilines is 1. The molecule has 4 rings (SSSR count). The zero-order valence-corrected chi connectivity index (χ0v) is 19.1. The Morgan fingerprint density at radius 1 is 1.12 bits per heavy atom. The van der Waals surface area contributed by atoms with E-state index in [1.165, 1.54) is 5.56 Å². The lowest BCUT2D eigenvalue weighted by atomic mass is 10.0. The van der Waals surface area contributed by atoms with Gasteiger partial charge in [0.2, 0.25) is 0 Å². The minimum atomic E-state index is -0.762. The highest BCUT2D eigenvalue weighted by Crippen LogP contribution is 2.31. The van der Waals surface area contributed by atoms with Crippen molar-refractivity contribution in [2.24, 2.45) is 7.05 Å². The van der Waals surface area contributed by atoms with Crippen molar-refractivity contribution >= 4 is 5.69 Å². The van der Waals surface area contributed by atoms with E-state index in [1.807, 2.05) is 48.1 Å². The van der Waals surface area contributed by atoms with Crippen LogP contribution in [0.25, 0.3) is 0 Å². The van der Waals surface area contributed by atoms with Crippen LogP contribution >= 0.6 is 0 Å². The first-order chi connectivity index (χ1) is 16.1. The predicted octanol–water partition coefficient (Wildman–Crippen LogP) is 2.84. The number of aromatic nitrogens is 2. The molecule has 1 N–H and O–H groups in total. The predicted molar refractivity (Wildman–Crippen MR) is 129 cm³/mol. The Morgan fingerprint density at radius 2 is 1.91 bits per heavy atom. The molecule has 172 valence electrons. The van der Waals surface area contributed by atoms with Crippen molar-refractivity contribution in [3.05, 3.63) is 71.8 Å². The Hall–Kier alpha value is -3.47. The van der Waals surface area contributed by atoms with E-state index in [9.17, 15) is 5.11 Å². The van der Waals surface area contributed by atoms with Gasteiger partial charge < -0.3 is 24.0 Å². The second-order valence-electron chi connectivity index (χ2n) is 8.10. The van der Waals surface area contributed by atoms with Crippen molar-refractivity contribution in [2.45, 2.75) is 12.6 Å². The number of imidazole rings is 1. The number of ether oxygens (including phenoxy) is 2. The van der Waals surface area contributed by atoms with E-state index in [0.717, 1.165) is 44.0 Å². The van der Waals surface area contributed by atoms with Crippen LogP contribution < -0.4 is 14.4 Å².